The van der Waals surface area contributed by atoms with Crippen LogP contribution in [0.3, 0.4) is 0 Å². The molecule has 2 aromatic rings. The SMILES string of the molecule is Clc1cccc(-c2nnn[nH]2)n1. The highest BCUT2D eigenvalue weighted by Gasteiger charge is 2.02. The summed E-state index contributed by atoms with van der Waals surface area (Å²) in [6, 6.07) is 5.25. The van der Waals surface area contributed by atoms with E-state index in [1.54, 1.807) is 18.2 Å². The van der Waals surface area contributed by atoms with E-state index in [1.807, 2.05) is 0 Å². The first kappa shape index (κ1) is 7.17. The van der Waals surface area contributed by atoms with Crippen LogP contribution in [0.5, 0.6) is 0 Å². The van der Waals surface area contributed by atoms with Crippen molar-refractivity contribution in [2.45, 2.75) is 0 Å². The Balaban J connectivity index is 2.48. The zero-order chi connectivity index (χ0) is 8.39. The highest BCUT2D eigenvalue weighted by molar-refractivity contribution is 6.29. The van der Waals surface area contributed by atoms with Crippen molar-refractivity contribution in [2.24, 2.45) is 0 Å². The zero-order valence-corrected chi connectivity index (χ0v) is 6.65. The number of hydrogen-bond acceptors (Lipinski definition) is 4. The first-order chi connectivity index (χ1) is 5.86. The molecule has 2 aromatic heterocycles. The average Bonchev–Trinajstić information content (AvgIpc) is 2.56. The first-order valence-corrected chi connectivity index (χ1v) is 3.61. The number of halogens is 1. The van der Waals surface area contributed by atoms with E-state index in [9.17, 15) is 0 Å². The van der Waals surface area contributed by atoms with Gasteiger partial charge in [0.1, 0.15) is 10.8 Å². The second kappa shape index (κ2) is 2.86. The third kappa shape index (κ3) is 1.26. The van der Waals surface area contributed by atoms with Gasteiger partial charge in [0.15, 0.2) is 5.82 Å². The number of tetrazole rings is 1. The van der Waals surface area contributed by atoms with Gasteiger partial charge in [-0.3, -0.25) is 0 Å². The summed E-state index contributed by atoms with van der Waals surface area (Å²) in [5.41, 5.74) is 0.632. The van der Waals surface area contributed by atoms with Crippen molar-refractivity contribution < 1.29 is 0 Å². The van der Waals surface area contributed by atoms with Crippen LogP contribution in [-0.2, 0) is 0 Å². The molecule has 0 bridgehead atoms. The summed E-state index contributed by atoms with van der Waals surface area (Å²) in [4.78, 5) is 4.01. The number of aromatic nitrogens is 5. The number of H-pyrrole nitrogens is 1. The van der Waals surface area contributed by atoms with Crippen LogP contribution in [-0.4, -0.2) is 25.6 Å². The second-order valence-electron chi connectivity index (χ2n) is 2.10. The van der Waals surface area contributed by atoms with Gasteiger partial charge in [-0.05, 0) is 22.6 Å². The number of nitrogens with one attached hydrogen (secondary N) is 1. The number of nitrogens with zero attached hydrogens (tertiary/aromatic N) is 4. The highest BCUT2D eigenvalue weighted by Crippen LogP contribution is 2.12. The van der Waals surface area contributed by atoms with Gasteiger partial charge in [0.25, 0.3) is 0 Å². The van der Waals surface area contributed by atoms with Crippen LogP contribution in [0.15, 0.2) is 18.2 Å². The van der Waals surface area contributed by atoms with E-state index < -0.39 is 0 Å². The van der Waals surface area contributed by atoms with E-state index in [2.05, 4.69) is 25.6 Å². The van der Waals surface area contributed by atoms with Gasteiger partial charge in [-0.1, -0.05) is 17.7 Å². The zero-order valence-electron chi connectivity index (χ0n) is 5.90. The van der Waals surface area contributed by atoms with Crippen molar-refractivity contribution in [1.29, 1.82) is 0 Å². The molecule has 2 heterocycles. The van der Waals surface area contributed by atoms with Crippen LogP contribution in [0.2, 0.25) is 5.15 Å². The minimum absolute atomic E-state index is 0.420. The van der Waals surface area contributed by atoms with E-state index in [4.69, 9.17) is 11.6 Å². The topological polar surface area (TPSA) is 67.3 Å². The Labute approximate surface area is 72.8 Å². The largest absolute Gasteiger partial charge is 0.238 e. The van der Waals surface area contributed by atoms with Gasteiger partial charge < -0.3 is 0 Å². The molecular formula is C6H4ClN5. The second-order valence-corrected chi connectivity index (χ2v) is 2.48. The molecule has 0 spiro atoms. The van der Waals surface area contributed by atoms with Gasteiger partial charge in [-0.15, -0.1) is 5.10 Å². The Bertz CT molecular complexity index is 371. The minimum Gasteiger partial charge on any atom is -0.238 e. The van der Waals surface area contributed by atoms with Crippen molar-refractivity contribution in [3.05, 3.63) is 23.4 Å². The van der Waals surface area contributed by atoms with Crippen LogP contribution < -0.4 is 0 Å². The molecule has 0 fully saturated rings. The third-order valence-corrected chi connectivity index (χ3v) is 1.51. The number of aromatic amines is 1. The number of pyridine rings is 1. The summed E-state index contributed by atoms with van der Waals surface area (Å²) >= 11 is 5.67. The molecule has 0 aromatic carbocycles. The normalized spacial score (nSPS) is 10.1. The monoisotopic (exact) mass is 181 g/mol. The Hall–Kier alpha value is -1.49. The fourth-order valence-corrected chi connectivity index (χ4v) is 0.972. The van der Waals surface area contributed by atoms with Crippen molar-refractivity contribution >= 4 is 11.6 Å². The molecule has 0 amide bonds. The molecule has 0 unspecified atom stereocenters. The van der Waals surface area contributed by atoms with Gasteiger partial charge in [-0.2, -0.15) is 0 Å². The van der Waals surface area contributed by atoms with Crippen molar-refractivity contribution in [3.8, 4) is 11.5 Å². The summed E-state index contributed by atoms with van der Waals surface area (Å²) in [6.45, 7) is 0. The van der Waals surface area contributed by atoms with Gasteiger partial charge >= 0.3 is 0 Å². The molecule has 0 aliphatic carbocycles. The Morgan fingerprint density at radius 3 is 2.92 bits per heavy atom. The first-order valence-electron chi connectivity index (χ1n) is 3.23. The van der Waals surface area contributed by atoms with Gasteiger partial charge in [0.05, 0.1) is 0 Å². The Morgan fingerprint density at radius 2 is 2.25 bits per heavy atom. The molecule has 2 rings (SSSR count). The molecule has 0 saturated carbocycles. The number of hydrogen-bond donors (Lipinski definition) is 1. The lowest BCUT2D eigenvalue weighted by molar-refractivity contribution is 0.881. The van der Waals surface area contributed by atoms with Crippen LogP contribution in [0.1, 0.15) is 0 Å². The molecule has 12 heavy (non-hydrogen) atoms. The molecule has 60 valence electrons. The maximum atomic E-state index is 5.67. The molecule has 0 aliphatic rings. The fourth-order valence-electron chi connectivity index (χ4n) is 0.808. The van der Waals surface area contributed by atoms with E-state index in [0.29, 0.717) is 16.7 Å². The standard InChI is InChI=1S/C6H4ClN5/c7-5-3-1-2-4(8-5)6-9-11-12-10-6/h1-3H,(H,9,10,11,12). The Kier molecular flexibility index (Phi) is 1.71. The fraction of sp³-hybridized carbons (Fsp3) is 0. The lowest BCUT2D eigenvalue weighted by Gasteiger charge is -1.92. The lowest BCUT2D eigenvalue weighted by Crippen LogP contribution is -1.85. The van der Waals surface area contributed by atoms with Crippen LogP contribution in [0, 0.1) is 0 Å². The summed E-state index contributed by atoms with van der Waals surface area (Å²) < 4.78 is 0. The molecular weight excluding hydrogens is 178 g/mol. The third-order valence-electron chi connectivity index (χ3n) is 1.30. The minimum atomic E-state index is 0.420. The summed E-state index contributed by atoms with van der Waals surface area (Å²) in [5.74, 6) is 0.512. The van der Waals surface area contributed by atoms with Crippen molar-refractivity contribution in [1.82, 2.24) is 25.6 Å². The Morgan fingerprint density at radius 1 is 1.33 bits per heavy atom. The summed E-state index contributed by atoms with van der Waals surface area (Å²) in [6.07, 6.45) is 0. The van der Waals surface area contributed by atoms with Crippen molar-refractivity contribution in [3.63, 3.8) is 0 Å². The highest BCUT2D eigenvalue weighted by atomic mass is 35.5. The molecule has 0 atom stereocenters. The van der Waals surface area contributed by atoms with Crippen LogP contribution in [0.25, 0.3) is 11.5 Å². The molecule has 0 radical (unpaired) electrons. The van der Waals surface area contributed by atoms with E-state index >= 15 is 0 Å². The van der Waals surface area contributed by atoms with E-state index in [0.717, 1.165) is 0 Å². The molecule has 0 aliphatic heterocycles. The maximum absolute atomic E-state index is 5.67. The predicted molar refractivity (Wildman–Crippen MR) is 42.4 cm³/mol. The van der Waals surface area contributed by atoms with E-state index in [-0.39, 0.29) is 0 Å². The smallest absolute Gasteiger partial charge is 0.198 e. The average molecular weight is 182 g/mol. The van der Waals surface area contributed by atoms with Gasteiger partial charge in [0, 0.05) is 0 Å². The van der Waals surface area contributed by atoms with Gasteiger partial charge in [-0.25, -0.2) is 10.1 Å². The van der Waals surface area contributed by atoms with E-state index in [1.165, 1.54) is 0 Å². The van der Waals surface area contributed by atoms with Gasteiger partial charge in [0.2, 0.25) is 0 Å². The number of rotatable bonds is 1. The summed E-state index contributed by atoms with van der Waals surface area (Å²) in [7, 11) is 0. The molecule has 0 saturated heterocycles. The molecule has 5 nitrogen and oxygen atoms in total. The summed E-state index contributed by atoms with van der Waals surface area (Å²) in [5, 5.41) is 13.5. The maximum Gasteiger partial charge on any atom is 0.198 e. The molecule has 1 N–H and O–H groups in total. The van der Waals surface area contributed by atoms with Crippen LogP contribution in [0.4, 0.5) is 0 Å². The quantitative estimate of drug-likeness (QED) is 0.665. The lowest BCUT2D eigenvalue weighted by atomic mass is 10.3. The molecule has 6 heteroatoms. The van der Waals surface area contributed by atoms with Crippen LogP contribution >= 0.6 is 11.6 Å². The predicted octanol–water partition coefficient (Wildman–Crippen LogP) is 0.915. The van der Waals surface area contributed by atoms with Crippen molar-refractivity contribution in [2.75, 3.05) is 0 Å².